The van der Waals surface area contributed by atoms with Gasteiger partial charge in [-0.15, -0.1) is 0 Å². The maximum Gasteiger partial charge on any atom is 0.317 e. The molecule has 0 fully saturated rings. The van der Waals surface area contributed by atoms with Gasteiger partial charge in [-0.3, -0.25) is 9.69 Å². The second-order valence-corrected chi connectivity index (χ2v) is 4.35. The number of aliphatic carboxylic acids is 1. The molecular weight excluding hydrogens is 277 g/mol. The fraction of sp³-hybridized carbons (Fsp3) is 0.364. The molecule has 5 heteroatoms. The van der Waals surface area contributed by atoms with Gasteiger partial charge < -0.3 is 5.11 Å². The van der Waals surface area contributed by atoms with Crippen LogP contribution in [-0.2, 0) is 11.3 Å². The predicted molar refractivity (Wildman–Crippen MR) is 62.7 cm³/mol. The van der Waals surface area contributed by atoms with Gasteiger partial charge in [0, 0.05) is 16.6 Å². The summed E-state index contributed by atoms with van der Waals surface area (Å²) in [4.78, 5) is 12.2. The average Bonchev–Trinajstić information content (AvgIpc) is 2.21. The molecule has 0 aliphatic rings. The molecule has 0 spiro atoms. The Morgan fingerprint density at radius 3 is 2.81 bits per heavy atom. The van der Waals surface area contributed by atoms with Gasteiger partial charge in [0.2, 0.25) is 0 Å². The van der Waals surface area contributed by atoms with E-state index in [1.807, 2.05) is 6.92 Å². The number of nitrogens with zero attached hydrogens (tertiary/aromatic N) is 1. The standard InChI is InChI=1S/C11H13BrFNO2/c1-2-14(7-11(15)16)6-8-5-9(12)3-4-10(8)13/h3-5H,2,6-7H2,1H3,(H,15,16). The predicted octanol–water partition coefficient (Wildman–Crippen LogP) is 2.49. The minimum absolute atomic E-state index is 0.0809. The molecule has 0 heterocycles. The zero-order valence-electron chi connectivity index (χ0n) is 8.91. The maximum atomic E-state index is 13.4. The first-order valence-corrected chi connectivity index (χ1v) is 5.70. The van der Waals surface area contributed by atoms with Gasteiger partial charge in [0.15, 0.2) is 0 Å². The monoisotopic (exact) mass is 289 g/mol. The number of benzene rings is 1. The lowest BCUT2D eigenvalue weighted by atomic mass is 10.2. The zero-order chi connectivity index (χ0) is 12.1. The average molecular weight is 290 g/mol. The molecule has 1 aromatic carbocycles. The number of carboxylic acids is 1. The highest BCUT2D eigenvalue weighted by molar-refractivity contribution is 9.10. The van der Waals surface area contributed by atoms with Crippen molar-refractivity contribution >= 4 is 21.9 Å². The van der Waals surface area contributed by atoms with E-state index in [4.69, 9.17) is 5.11 Å². The summed E-state index contributed by atoms with van der Waals surface area (Å²) in [6, 6.07) is 4.65. The Morgan fingerprint density at radius 2 is 2.25 bits per heavy atom. The highest BCUT2D eigenvalue weighted by Crippen LogP contribution is 2.17. The molecule has 1 rings (SSSR count). The Kier molecular flexibility index (Phi) is 4.89. The van der Waals surface area contributed by atoms with Crippen LogP contribution in [0, 0.1) is 5.82 Å². The van der Waals surface area contributed by atoms with Crippen molar-refractivity contribution in [2.75, 3.05) is 13.1 Å². The van der Waals surface area contributed by atoms with Gasteiger partial charge in [0.1, 0.15) is 5.82 Å². The summed E-state index contributed by atoms with van der Waals surface area (Å²) in [6.45, 7) is 2.63. The molecule has 0 radical (unpaired) electrons. The number of hydrogen-bond donors (Lipinski definition) is 1. The van der Waals surface area contributed by atoms with Gasteiger partial charge in [-0.05, 0) is 24.7 Å². The SMILES string of the molecule is CCN(CC(=O)O)Cc1cc(Br)ccc1F. The smallest absolute Gasteiger partial charge is 0.317 e. The molecule has 0 bridgehead atoms. The van der Waals surface area contributed by atoms with Crippen molar-refractivity contribution in [3.63, 3.8) is 0 Å². The second kappa shape index (κ2) is 5.96. The molecule has 88 valence electrons. The highest BCUT2D eigenvalue weighted by Gasteiger charge is 2.11. The zero-order valence-corrected chi connectivity index (χ0v) is 10.5. The molecule has 1 aromatic rings. The Morgan fingerprint density at radius 1 is 1.56 bits per heavy atom. The third-order valence-electron chi connectivity index (χ3n) is 2.21. The summed E-state index contributed by atoms with van der Waals surface area (Å²) in [5.41, 5.74) is 0.498. The highest BCUT2D eigenvalue weighted by atomic mass is 79.9. The van der Waals surface area contributed by atoms with Crippen LogP contribution in [0.4, 0.5) is 4.39 Å². The Hall–Kier alpha value is -0.940. The lowest BCUT2D eigenvalue weighted by Crippen LogP contribution is -2.29. The molecule has 0 aliphatic carbocycles. The molecule has 1 N–H and O–H groups in total. The minimum Gasteiger partial charge on any atom is -0.480 e. The van der Waals surface area contributed by atoms with Gasteiger partial charge >= 0.3 is 5.97 Å². The number of hydrogen-bond acceptors (Lipinski definition) is 2. The molecule has 0 amide bonds. The molecule has 0 saturated carbocycles. The van der Waals surface area contributed by atoms with Gasteiger partial charge in [0.05, 0.1) is 6.54 Å². The van der Waals surface area contributed by atoms with Gasteiger partial charge in [-0.2, -0.15) is 0 Å². The number of rotatable bonds is 5. The van der Waals surface area contributed by atoms with E-state index in [0.717, 1.165) is 4.47 Å². The van der Waals surface area contributed by atoms with E-state index in [-0.39, 0.29) is 12.4 Å². The van der Waals surface area contributed by atoms with Gasteiger partial charge in [0.25, 0.3) is 0 Å². The number of likely N-dealkylation sites (N-methyl/N-ethyl adjacent to an activating group) is 1. The van der Waals surface area contributed by atoms with Crippen molar-refractivity contribution in [3.8, 4) is 0 Å². The summed E-state index contributed by atoms with van der Waals surface area (Å²) in [5.74, 6) is -1.22. The normalized spacial score (nSPS) is 10.8. The Labute approximate surface area is 102 Å². The third-order valence-corrected chi connectivity index (χ3v) is 2.70. The van der Waals surface area contributed by atoms with Crippen LogP contribution in [0.15, 0.2) is 22.7 Å². The van der Waals surface area contributed by atoms with Crippen molar-refractivity contribution in [2.45, 2.75) is 13.5 Å². The van der Waals surface area contributed by atoms with Gasteiger partial charge in [-0.25, -0.2) is 4.39 Å². The van der Waals surface area contributed by atoms with E-state index < -0.39 is 5.97 Å². The summed E-state index contributed by atoms with van der Waals surface area (Å²) in [7, 11) is 0. The van der Waals surface area contributed by atoms with Gasteiger partial charge in [-0.1, -0.05) is 22.9 Å². The van der Waals surface area contributed by atoms with Crippen LogP contribution in [0.2, 0.25) is 0 Å². The first kappa shape index (κ1) is 13.1. The number of carbonyl (C=O) groups is 1. The van der Waals surface area contributed by atoms with E-state index in [2.05, 4.69) is 15.9 Å². The molecule has 0 aromatic heterocycles. The van der Waals surface area contributed by atoms with Crippen molar-refractivity contribution in [1.82, 2.24) is 4.90 Å². The molecule has 0 unspecified atom stereocenters. The Bertz CT molecular complexity index is 384. The third kappa shape index (κ3) is 3.90. The van der Waals surface area contributed by atoms with E-state index in [1.54, 1.807) is 17.0 Å². The molecule has 0 atom stereocenters. The fourth-order valence-electron chi connectivity index (χ4n) is 1.38. The van der Waals surface area contributed by atoms with Crippen LogP contribution in [0.25, 0.3) is 0 Å². The van der Waals surface area contributed by atoms with E-state index in [1.165, 1.54) is 6.07 Å². The molecule has 0 saturated heterocycles. The van der Waals surface area contributed by atoms with Crippen LogP contribution < -0.4 is 0 Å². The Balaban J connectivity index is 2.77. The molecule has 16 heavy (non-hydrogen) atoms. The first-order chi connectivity index (χ1) is 7.52. The van der Waals surface area contributed by atoms with E-state index in [0.29, 0.717) is 18.7 Å². The summed E-state index contributed by atoms with van der Waals surface area (Å²) < 4.78 is 14.2. The van der Waals surface area contributed by atoms with E-state index >= 15 is 0 Å². The van der Waals surface area contributed by atoms with Crippen molar-refractivity contribution in [1.29, 1.82) is 0 Å². The van der Waals surface area contributed by atoms with Crippen LogP contribution in [0.3, 0.4) is 0 Å². The molecule has 3 nitrogen and oxygen atoms in total. The summed E-state index contributed by atoms with van der Waals surface area (Å²) in [6.07, 6.45) is 0. The number of halogens is 2. The summed E-state index contributed by atoms with van der Waals surface area (Å²) in [5, 5.41) is 8.67. The second-order valence-electron chi connectivity index (χ2n) is 3.43. The first-order valence-electron chi connectivity index (χ1n) is 4.91. The van der Waals surface area contributed by atoms with Crippen LogP contribution >= 0.6 is 15.9 Å². The van der Waals surface area contributed by atoms with Crippen molar-refractivity contribution in [3.05, 3.63) is 34.1 Å². The number of carboxylic acid groups (broad SMARTS) is 1. The quantitative estimate of drug-likeness (QED) is 0.905. The molecule has 0 aliphatic heterocycles. The van der Waals surface area contributed by atoms with Crippen LogP contribution in [-0.4, -0.2) is 29.1 Å². The lowest BCUT2D eigenvalue weighted by molar-refractivity contribution is -0.138. The van der Waals surface area contributed by atoms with Crippen molar-refractivity contribution < 1.29 is 14.3 Å². The topological polar surface area (TPSA) is 40.5 Å². The largest absolute Gasteiger partial charge is 0.480 e. The van der Waals surface area contributed by atoms with Crippen LogP contribution in [0.5, 0.6) is 0 Å². The maximum absolute atomic E-state index is 13.4. The summed E-state index contributed by atoms with van der Waals surface area (Å²) >= 11 is 3.26. The minimum atomic E-state index is -0.905. The van der Waals surface area contributed by atoms with E-state index in [9.17, 15) is 9.18 Å². The lowest BCUT2D eigenvalue weighted by Gasteiger charge is -2.18. The van der Waals surface area contributed by atoms with Crippen LogP contribution in [0.1, 0.15) is 12.5 Å². The molecular formula is C11H13BrFNO2. The fourth-order valence-corrected chi connectivity index (χ4v) is 1.78. The van der Waals surface area contributed by atoms with Crippen molar-refractivity contribution in [2.24, 2.45) is 0 Å².